The second-order valence-corrected chi connectivity index (χ2v) is 6.08. The van der Waals surface area contributed by atoms with Crippen LogP contribution < -0.4 is 15.6 Å². The van der Waals surface area contributed by atoms with E-state index in [4.69, 9.17) is 17.0 Å². The number of H-pyrrole nitrogens is 2. The number of nitrogens with one attached hydrogen (secondary N) is 3. The molecule has 3 rings (SSSR count). The van der Waals surface area contributed by atoms with Gasteiger partial charge in [0.25, 0.3) is 11.5 Å². The number of aromatic nitrogens is 2. The first-order valence-corrected chi connectivity index (χ1v) is 8.19. The highest BCUT2D eigenvalue weighted by atomic mass is 32.1. The molecule has 0 bridgehead atoms. The van der Waals surface area contributed by atoms with Crippen molar-refractivity contribution >= 4 is 29.0 Å². The molecule has 7 heteroatoms. The summed E-state index contributed by atoms with van der Waals surface area (Å²) in [6, 6.07) is 14.0. The monoisotopic (exact) mass is 355 g/mol. The average molecular weight is 355 g/mol. The number of carbonyl (C=O) groups excluding carboxylic acids is 1. The lowest BCUT2D eigenvalue weighted by Gasteiger charge is -2.15. The van der Waals surface area contributed by atoms with Gasteiger partial charge in [-0.25, -0.2) is 0 Å². The number of ether oxygens (including phenoxy) is 1. The minimum atomic E-state index is -0.282. The Morgan fingerprint density at radius 2 is 1.96 bits per heavy atom. The Labute approximate surface area is 148 Å². The van der Waals surface area contributed by atoms with Crippen molar-refractivity contribution in [3.8, 4) is 5.75 Å². The fourth-order valence-corrected chi connectivity index (χ4v) is 2.60. The van der Waals surface area contributed by atoms with Crippen molar-refractivity contribution in [1.82, 2.24) is 15.3 Å². The van der Waals surface area contributed by atoms with Crippen LogP contribution in [0.1, 0.15) is 17.3 Å². The number of hydrogen-bond donors (Lipinski definition) is 3. The third-order valence-corrected chi connectivity index (χ3v) is 3.83. The van der Waals surface area contributed by atoms with Gasteiger partial charge >= 0.3 is 0 Å². The summed E-state index contributed by atoms with van der Waals surface area (Å²) in [6.07, 6.45) is 0. The lowest BCUT2D eigenvalue weighted by molar-refractivity contribution is 0.0927. The average Bonchev–Trinajstić information content (AvgIpc) is 2.60. The third-order valence-electron chi connectivity index (χ3n) is 3.62. The molecule has 0 aliphatic heterocycles. The zero-order valence-electron chi connectivity index (χ0n) is 13.5. The summed E-state index contributed by atoms with van der Waals surface area (Å²) in [6.45, 7) is 2.21. The van der Waals surface area contributed by atoms with Gasteiger partial charge in [-0.15, -0.1) is 0 Å². The van der Waals surface area contributed by atoms with Crippen molar-refractivity contribution in [3.05, 3.63) is 69.2 Å². The summed E-state index contributed by atoms with van der Waals surface area (Å²) in [5, 5.41) is 3.32. The zero-order valence-corrected chi connectivity index (χ0v) is 14.4. The fraction of sp³-hybridized carbons (Fsp3) is 0.167. The van der Waals surface area contributed by atoms with Crippen LogP contribution in [0.2, 0.25) is 0 Å². The van der Waals surface area contributed by atoms with Gasteiger partial charge in [0.1, 0.15) is 12.4 Å². The van der Waals surface area contributed by atoms with E-state index in [-0.39, 0.29) is 22.3 Å². The number of rotatable bonds is 5. The van der Waals surface area contributed by atoms with Crippen LogP contribution in [-0.4, -0.2) is 28.5 Å². The molecule has 0 unspecified atom stereocenters. The van der Waals surface area contributed by atoms with E-state index in [1.165, 1.54) is 0 Å². The highest BCUT2D eigenvalue weighted by Gasteiger charge is 2.12. The molecule has 3 aromatic rings. The maximum atomic E-state index is 12.4. The number of amides is 1. The molecule has 0 aliphatic carbocycles. The first-order chi connectivity index (χ1) is 12.0. The largest absolute Gasteiger partial charge is 0.491 e. The molecule has 0 radical (unpaired) electrons. The molecule has 0 aliphatic rings. The van der Waals surface area contributed by atoms with Gasteiger partial charge in [-0.1, -0.05) is 18.2 Å². The molecule has 128 valence electrons. The summed E-state index contributed by atoms with van der Waals surface area (Å²) < 4.78 is 5.85. The maximum absolute atomic E-state index is 12.4. The number of fused-ring (bicyclic) bond motifs is 1. The van der Waals surface area contributed by atoms with E-state index in [0.29, 0.717) is 23.1 Å². The second kappa shape index (κ2) is 7.31. The minimum absolute atomic E-state index is 0.180. The summed E-state index contributed by atoms with van der Waals surface area (Å²) in [4.78, 5) is 29.6. The van der Waals surface area contributed by atoms with Gasteiger partial charge in [0.15, 0.2) is 4.77 Å². The summed E-state index contributed by atoms with van der Waals surface area (Å²) >= 11 is 4.96. The van der Waals surface area contributed by atoms with E-state index < -0.39 is 0 Å². The maximum Gasteiger partial charge on any atom is 0.259 e. The lowest BCUT2D eigenvalue weighted by Crippen LogP contribution is -2.36. The topological polar surface area (TPSA) is 87.0 Å². The van der Waals surface area contributed by atoms with E-state index in [1.54, 1.807) is 18.2 Å². The van der Waals surface area contributed by atoms with Gasteiger partial charge in [-0.2, -0.15) is 0 Å². The quantitative estimate of drug-likeness (QED) is 0.614. The van der Waals surface area contributed by atoms with Crippen molar-refractivity contribution in [2.24, 2.45) is 0 Å². The predicted molar refractivity (Wildman–Crippen MR) is 98.6 cm³/mol. The summed E-state index contributed by atoms with van der Waals surface area (Å²) in [5.41, 5.74) is 0.681. The molecule has 3 N–H and O–H groups in total. The Kier molecular flexibility index (Phi) is 4.95. The Bertz CT molecular complexity index is 1010. The molecule has 0 saturated heterocycles. The van der Waals surface area contributed by atoms with E-state index in [0.717, 1.165) is 5.75 Å². The third kappa shape index (κ3) is 4.13. The van der Waals surface area contributed by atoms with Gasteiger partial charge in [0.05, 0.1) is 16.9 Å². The molecule has 0 saturated carbocycles. The van der Waals surface area contributed by atoms with Crippen LogP contribution >= 0.6 is 12.2 Å². The molecule has 0 fully saturated rings. The molecular formula is C18H17N3O3S. The van der Waals surface area contributed by atoms with Crippen LogP contribution in [0, 0.1) is 4.77 Å². The van der Waals surface area contributed by atoms with Crippen LogP contribution in [0.25, 0.3) is 10.9 Å². The van der Waals surface area contributed by atoms with E-state index in [1.807, 2.05) is 37.3 Å². The van der Waals surface area contributed by atoms with Crippen molar-refractivity contribution in [2.75, 3.05) is 6.61 Å². The lowest BCUT2D eigenvalue weighted by atomic mass is 10.1. The van der Waals surface area contributed by atoms with Crippen molar-refractivity contribution in [1.29, 1.82) is 0 Å². The molecule has 25 heavy (non-hydrogen) atoms. The van der Waals surface area contributed by atoms with Gasteiger partial charge in [0, 0.05) is 5.56 Å². The number of benzene rings is 2. The second-order valence-electron chi connectivity index (χ2n) is 5.67. The molecule has 6 nitrogen and oxygen atoms in total. The Morgan fingerprint density at radius 1 is 1.20 bits per heavy atom. The highest BCUT2D eigenvalue weighted by Crippen LogP contribution is 2.11. The summed E-state index contributed by atoms with van der Waals surface area (Å²) in [7, 11) is 0. The number of aromatic amines is 2. The summed E-state index contributed by atoms with van der Waals surface area (Å²) in [5.74, 6) is 0.506. The molecular weight excluding hydrogens is 338 g/mol. The molecule has 2 aromatic carbocycles. The molecule has 1 amide bonds. The predicted octanol–water partition coefficient (Wildman–Crippen LogP) is 2.78. The smallest absolute Gasteiger partial charge is 0.259 e. The van der Waals surface area contributed by atoms with E-state index in [9.17, 15) is 9.59 Å². The van der Waals surface area contributed by atoms with Crippen molar-refractivity contribution in [3.63, 3.8) is 0 Å². The van der Waals surface area contributed by atoms with Crippen molar-refractivity contribution in [2.45, 2.75) is 13.0 Å². The number of para-hydroxylation sites is 1. The molecule has 1 heterocycles. The SMILES string of the molecule is C[C@@H](COc1ccccc1)NC(=O)c1ccc2c(=O)[nH]c(=S)[nH]c2c1. The number of hydrogen-bond acceptors (Lipinski definition) is 4. The van der Waals surface area contributed by atoms with Crippen LogP contribution in [0.5, 0.6) is 5.75 Å². The Morgan fingerprint density at radius 3 is 2.72 bits per heavy atom. The van der Waals surface area contributed by atoms with Gasteiger partial charge in [0.2, 0.25) is 0 Å². The first-order valence-electron chi connectivity index (χ1n) is 7.78. The number of carbonyl (C=O) groups is 1. The zero-order chi connectivity index (χ0) is 17.8. The van der Waals surface area contributed by atoms with E-state index in [2.05, 4.69) is 15.3 Å². The van der Waals surface area contributed by atoms with Gasteiger partial charge in [-0.05, 0) is 49.5 Å². The Hall–Kier alpha value is -2.93. The van der Waals surface area contributed by atoms with Gasteiger partial charge < -0.3 is 15.0 Å². The highest BCUT2D eigenvalue weighted by molar-refractivity contribution is 7.71. The van der Waals surface area contributed by atoms with E-state index >= 15 is 0 Å². The van der Waals surface area contributed by atoms with Crippen LogP contribution in [0.4, 0.5) is 0 Å². The first kappa shape index (κ1) is 16.9. The standard InChI is InChI=1S/C18H17N3O3S/c1-11(10-24-13-5-3-2-4-6-13)19-16(22)12-7-8-14-15(9-12)20-18(25)21-17(14)23/h2-9,11H,10H2,1H3,(H,19,22)(H2,20,21,23,25)/t11-/m0/s1. The van der Waals surface area contributed by atoms with Crippen LogP contribution in [-0.2, 0) is 0 Å². The van der Waals surface area contributed by atoms with Crippen molar-refractivity contribution < 1.29 is 9.53 Å². The normalized spacial score (nSPS) is 11.9. The Balaban J connectivity index is 1.69. The molecule has 1 aromatic heterocycles. The molecule has 0 spiro atoms. The van der Waals surface area contributed by atoms with Crippen LogP contribution in [0.3, 0.4) is 0 Å². The van der Waals surface area contributed by atoms with Gasteiger partial charge in [-0.3, -0.25) is 14.6 Å². The fourth-order valence-electron chi connectivity index (χ4n) is 2.40. The minimum Gasteiger partial charge on any atom is -0.491 e. The van der Waals surface area contributed by atoms with Crippen LogP contribution in [0.15, 0.2) is 53.3 Å². The molecule has 1 atom stereocenters.